The normalized spacial score (nSPS) is 11.5. The number of nitrogens with two attached hydrogens (primary N) is 1. The zero-order valence-corrected chi connectivity index (χ0v) is 13.8. The van der Waals surface area contributed by atoms with E-state index in [1.54, 1.807) is 24.3 Å². The molecule has 4 nitrogen and oxygen atoms in total. The maximum absolute atomic E-state index is 13.6. The van der Waals surface area contributed by atoms with Crippen LogP contribution in [0.25, 0.3) is 0 Å². The van der Waals surface area contributed by atoms with Crippen LogP contribution in [0.3, 0.4) is 0 Å². The van der Waals surface area contributed by atoms with Gasteiger partial charge in [-0.15, -0.1) is 0 Å². The third-order valence-electron chi connectivity index (χ3n) is 3.35. The lowest BCUT2D eigenvalue weighted by Crippen LogP contribution is -2.40. The molecular formula is C17H15F3N4S. The van der Waals surface area contributed by atoms with Crippen LogP contribution in [0, 0.1) is 28.8 Å². The van der Waals surface area contributed by atoms with E-state index in [0.29, 0.717) is 17.3 Å². The highest BCUT2D eigenvalue weighted by Gasteiger charge is 2.13. The molecule has 0 bridgehead atoms. The van der Waals surface area contributed by atoms with Crippen LogP contribution >= 0.6 is 12.2 Å². The molecule has 8 heteroatoms. The van der Waals surface area contributed by atoms with Crippen molar-refractivity contribution in [3.8, 4) is 6.07 Å². The van der Waals surface area contributed by atoms with Crippen molar-refractivity contribution in [3.63, 3.8) is 0 Å². The van der Waals surface area contributed by atoms with E-state index < -0.39 is 23.5 Å². The summed E-state index contributed by atoms with van der Waals surface area (Å²) in [6, 6.07) is 9.49. The Balaban J connectivity index is 1.87. The van der Waals surface area contributed by atoms with Gasteiger partial charge in [0, 0.05) is 24.3 Å². The molecule has 25 heavy (non-hydrogen) atoms. The fourth-order valence-corrected chi connectivity index (χ4v) is 2.34. The molecule has 0 amide bonds. The summed E-state index contributed by atoms with van der Waals surface area (Å²) in [6.45, 7) is 0.197. The fraction of sp³-hybridized carbons (Fsp3) is 0.176. The number of nitriles is 1. The van der Waals surface area contributed by atoms with Gasteiger partial charge < -0.3 is 16.4 Å². The van der Waals surface area contributed by atoms with Crippen LogP contribution in [0.15, 0.2) is 36.4 Å². The number of rotatable bonds is 5. The Labute approximate surface area is 148 Å². The largest absolute Gasteiger partial charge is 0.361 e. The predicted molar refractivity (Wildman–Crippen MR) is 93.4 cm³/mol. The minimum absolute atomic E-state index is 0.00574. The van der Waals surface area contributed by atoms with Crippen molar-refractivity contribution < 1.29 is 13.2 Å². The molecule has 1 atom stereocenters. The molecule has 0 radical (unpaired) electrons. The molecule has 2 rings (SSSR count). The maximum Gasteiger partial charge on any atom is 0.170 e. The molecule has 0 spiro atoms. The first kappa shape index (κ1) is 18.7. The van der Waals surface area contributed by atoms with Crippen LogP contribution in [-0.4, -0.2) is 17.7 Å². The van der Waals surface area contributed by atoms with E-state index in [0.717, 1.165) is 6.07 Å². The van der Waals surface area contributed by atoms with E-state index in [2.05, 4.69) is 10.6 Å². The second-order valence-corrected chi connectivity index (χ2v) is 5.76. The van der Waals surface area contributed by atoms with Crippen molar-refractivity contribution in [2.45, 2.75) is 12.5 Å². The second kappa shape index (κ2) is 8.46. The second-order valence-electron chi connectivity index (χ2n) is 5.35. The topological polar surface area (TPSA) is 73.9 Å². The molecule has 130 valence electrons. The molecular weight excluding hydrogens is 349 g/mol. The van der Waals surface area contributed by atoms with Gasteiger partial charge in [-0.2, -0.15) is 5.26 Å². The van der Waals surface area contributed by atoms with E-state index in [1.807, 2.05) is 6.07 Å². The van der Waals surface area contributed by atoms with Crippen molar-refractivity contribution in [2.24, 2.45) is 5.73 Å². The van der Waals surface area contributed by atoms with Crippen molar-refractivity contribution in [1.29, 1.82) is 5.26 Å². The lowest BCUT2D eigenvalue weighted by molar-refractivity contribution is 0.486. The first-order chi connectivity index (χ1) is 11.9. The summed E-state index contributed by atoms with van der Waals surface area (Å²) in [4.78, 5) is 0. The monoisotopic (exact) mass is 364 g/mol. The van der Waals surface area contributed by atoms with Crippen molar-refractivity contribution in [1.82, 2.24) is 5.32 Å². The molecule has 0 saturated carbocycles. The van der Waals surface area contributed by atoms with Gasteiger partial charge in [-0.3, -0.25) is 0 Å². The maximum atomic E-state index is 13.6. The number of nitrogens with zero attached hydrogens (tertiary/aromatic N) is 1. The van der Waals surface area contributed by atoms with Crippen molar-refractivity contribution in [2.75, 3.05) is 11.9 Å². The van der Waals surface area contributed by atoms with Crippen molar-refractivity contribution >= 4 is 23.0 Å². The summed E-state index contributed by atoms with van der Waals surface area (Å²) >= 11 is 5.12. The number of hydrogen-bond donors (Lipinski definition) is 3. The van der Waals surface area contributed by atoms with Crippen LogP contribution in [0.5, 0.6) is 0 Å². The molecule has 4 N–H and O–H groups in total. The molecule has 0 aromatic heterocycles. The smallest absolute Gasteiger partial charge is 0.170 e. The van der Waals surface area contributed by atoms with Crippen LogP contribution in [0.2, 0.25) is 0 Å². The van der Waals surface area contributed by atoms with Gasteiger partial charge in [-0.1, -0.05) is 6.07 Å². The summed E-state index contributed by atoms with van der Waals surface area (Å²) < 4.78 is 39.7. The number of thiocarbonyl (C=S) groups is 1. The summed E-state index contributed by atoms with van der Waals surface area (Å²) in [5, 5.41) is 14.9. The lowest BCUT2D eigenvalue weighted by atomic mass is 10.1. The molecule has 0 aliphatic heterocycles. The predicted octanol–water partition coefficient (Wildman–Crippen LogP) is 2.83. The van der Waals surface area contributed by atoms with Gasteiger partial charge >= 0.3 is 0 Å². The third-order valence-corrected chi connectivity index (χ3v) is 3.59. The molecule has 0 unspecified atom stereocenters. The minimum atomic E-state index is -1.24. The Kier molecular flexibility index (Phi) is 6.33. The number of hydrogen-bond acceptors (Lipinski definition) is 3. The van der Waals surface area contributed by atoms with Gasteiger partial charge in [0.15, 0.2) is 16.7 Å². The average Bonchev–Trinajstić information content (AvgIpc) is 2.58. The van der Waals surface area contributed by atoms with Gasteiger partial charge in [0.1, 0.15) is 5.82 Å². The Morgan fingerprint density at radius 1 is 1.16 bits per heavy atom. The van der Waals surface area contributed by atoms with Crippen LogP contribution in [0.1, 0.15) is 11.1 Å². The van der Waals surface area contributed by atoms with Crippen molar-refractivity contribution in [3.05, 3.63) is 65.0 Å². The molecule has 0 fully saturated rings. The third kappa shape index (κ3) is 5.45. The molecule has 0 aliphatic rings. The summed E-state index contributed by atoms with van der Waals surface area (Å²) in [5.41, 5.74) is 6.99. The highest BCUT2D eigenvalue weighted by atomic mass is 32.1. The Morgan fingerprint density at radius 3 is 2.60 bits per heavy atom. The number of anilines is 1. The van der Waals surface area contributed by atoms with E-state index in [9.17, 15) is 13.2 Å². The highest BCUT2D eigenvalue weighted by molar-refractivity contribution is 7.80. The van der Waals surface area contributed by atoms with Crippen LogP contribution in [-0.2, 0) is 6.42 Å². The molecule has 0 saturated heterocycles. The Morgan fingerprint density at radius 2 is 1.88 bits per heavy atom. The quantitative estimate of drug-likeness (QED) is 0.562. The van der Waals surface area contributed by atoms with E-state index in [-0.39, 0.29) is 23.6 Å². The lowest BCUT2D eigenvalue weighted by Gasteiger charge is -2.16. The summed E-state index contributed by atoms with van der Waals surface area (Å²) in [5.74, 6) is -3.20. The average molecular weight is 364 g/mol. The highest BCUT2D eigenvalue weighted by Crippen LogP contribution is 2.15. The van der Waals surface area contributed by atoms with Crippen LogP contribution in [0.4, 0.5) is 18.9 Å². The Bertz CT molecular complexity index is 820. The molecule has 0 aliphatic carbocycles. The molecule has 0 heterocycles. The van der Waals surface area contributed by atoms with Gasteiger partial charge in [-0.25, -0.2) is 13.2 Å². The number of benzene rings is 2. The number of halogens is 3. The summed E-state index contributed by atoms with van der Waals surface area (Å²) in [7, 11) is 0. The minimum Gasteiger partial charge on any atom is -0.361 e. The van der Waals surface area contributed by atoms with E-state index >= 15 is 0 Å². The van der Waals surface area contributed by atoms with Gasteiger partial charge in [0.05, 0.1) is 11.6 Å². The molecule has 2 aromatic rings. The number of nitrogens with one attached hydrogen (secondary N) is 2. The standard InChI is InChI=1S/C17H15F3N4S/c18-14-7-16(20)15(19)6-11(14)5-12(22)9-23-17(25)24-13-3-1-2-10(4-13)8-21/h1-4,6-7,12H,5,9,22H2,(H2,23,24,25)/t12-/m0/s1. The molecule has 2 aromatic carbocycles. The van der Waals surface area contributed by atoms with Gasteiger partial charge in [0.25, 0.3) is 0 Å². The summed E-state index contributed by atoms with van der Waals surface area (Å²) in [6.07, 6.45) is 0.0164. The first-order valence-electron chi connectivity index (χ1n) is 7.33. The zero-order chi connectivity index (χ0) is 18.4. The van der Waals surface area contributed by atoms with E-state index in [1.165, 1.54) is 0 Å². The van der Waals surface area contributed by atoms with Gasteiger partial charge in [-0.05, 0) is 48.5 Å². The fourth-order valence-electron chi connectivity index (χ4n) is 2.14. The zero-order valence-electron chi connectivity index (χ0n) is 13.0. The SMILES string of the molecule is N#Cc1cccc(NC(=S)NC[C@@H](N)Cc2cc(F)c(F)cc2F)c1. The first-order valence-corrected chi connectivity index (χ1v) is 7.74. The van der Waals surface area contributed by atoms with Crippen LogP contribution < -0.4 is 16.4 Å². The van der Waals surface area contributed by atoms with Gasteiger partial charge in [0.2, 0.25) is 0 Å². The van der Waals surface area contributed by atoms with E-state index in [4.69, 9.17) is 23.2 Å². The Hall–Kier alpha value is -2.63.